The SMILES string of the molecule is CCC(C)NCC(O)c1cc(C)c(OC)cc1C. The van der Waals surface area contributed by atoms with Crippen molar-refractivity contribution >= 4 is 0 Å². The lowest BCUT2D eigenvalue weighted by molar-refractivity contribution is 0.169. The highest BCUT2D eigenvalue weighted by Crippen LogP contribution is 2.26. The fourth-order valence-electron chi connectivity index (χ4n) is 1.96. The van der Waals surface area contributed by atoms with Gasteiger partial charge in [-0.25, -0.2) is 0 Å². The highest BCUT2D eigenvalue weighted by atomic mass is 16.5. The molecule has 2 atom stereocenters. The Balaban J connectivity index is 2.79. The number of benzene rings is 1. The van der Waals surface area contributed by atoms with Crippen molar-refractivity contribution in [2.24, 2.45) is 0 Å². The van der Waals surface area contributed by atoms with E-state index in [0.29, 0.717) is 12.6 Å². The zero-order valence-electron chi connectivity index (χ0n) is 12.1. The predicted molar refractivity (Wildman–Crippen MR) is 75.2 cm³/mol. The van der Waals surface area contributed by atoms with Crippen molar-refractivity contribution in [2.45, 2.75) is 46.3 Å². The summed E-state index contributed by atoms with van der Waals surface area (Å²) in [5, 5.41) is 13.6. The number of hydrogen-bond acceptors (Lipinski definition) is 3. The average Bonchev–Trinajstić information content (AvgIpc) is 2.37. The molecule has 2 unspecified atom stereocenters. The van der Waals surface area contributed by atoms with E-state index in [1.807, 2.05) is 26.0 Å². The van der Waals surface area contributed by atoms with Crippen molar-refractivity contribution in [3.63, 3.8) is 0 Å². The van der Waals surface area contributed by atoms with Gasteiger partial charge < -0.3 is 15.2 Å². The van der Waals surface area contributed by atoms with Crippen LogP contribution in [0.15, 0.2) is 12.1 Å². The Morgan fingerprint density at radius 3 is 2.50 bits per heavy atom. The van der Waals surface area contributed by atoms with Crippen LogP contribution in [0.2, 0.25) is 0 Å². The molecule has 0 aliphatic carbocycles. The summed E-state index contributed by atoms with van der Waals surface area (Å²) in [6.07, 6.45) is 0.594. The molecule has 0 radical (unpaired) electrons. The lowest BCUT2D eigenvalue weighted by Gasteiger charge is -2.19. The van der Waals surface area contributed by atoms with Crippen LogP contribution in [-0.2, 0) is 0 Å². The van der Waals surface area contributed by atoms with Crippen LogP contribution >= 0.6 is 0 Å². The molecule has 3 heteroatoms. The Morgan fingerprint density at radius 2 is 1.94 bits per heavy atom. The molecule has 2 N–H and O–H groups in total. The number of methoxy groups -OCH3 is 1. The van der Waals surface area contributed by atoms with E-state index < -0.39 is 6.10 Å². The smallest absolute Gasteiger partial charge is 0.122 e. The third kappa shape index (κ3) is 3.72. The second-order valence-corrected chi connectivity index (χ2v) is 4.91. The summed E-state index contributed by atoms with van der Waals surface area (Å²) in [6, 6.07) is 4.42. The normalized spacial score (nSPS) is 14.3. The van der Waals surface area contributed by atoms with Gasteiger partial charge in [0.05, 0.1) is 13.2 Å². The van der Waals surface area contributed by atoms with E-state index in [-0.39, 0.29) is 0 Å². The Kier molecular flexibility index (Phi) is 5.63. The zero-order chi connectivity index (χ0) is 13.7. The topological polar surface area (TPSA) is 41.5 Å². The van der Waals surface area contributed by atoms with Gasteiger partial charge in [0.2, 0.25) is 0 Å². The molecule has 1 rings (SSSR count). The van der Waals surface area contributed by atoms with Crippen molar-refractivity contribution in [2.75, 3.05) is 13.7 Å². The van der Waals surface area contributed by atoms with Gasteiger partial charge in [0.25, 0.3) is 0 Å². The first-order valence-corrected chi connectivity index (χ1v) is 6.56. The van der Waals surface area contributed by atoms with E-state index >= 15 is 0 Å². The summed E-state index contributed by atoms with van der Waals surface area (Å²) < 4.78 is 5.28. The molecular weight excluding hydrogens is 226 g/mol. The maximum Gasteiger partial charge on any atom is 0.122 e. The van der Waals surface area contributed by atoms with E-state index in [2.05, 4.69) is 19.2 Å². The quantitative estimate of drug-likeness (QED) is 0.817. The number of aliphatic hydroxyl groups excluding tert-OH is 1. The van der Waals surface area contributed by atoms with Crippen LogP contribution in [0.1, 0.15) is 43.1 Å². The van der Waals surface area contributed by atoms with Gasteiger partial charge in [0, 0.05) is 12.6 Å². The number of nitrogens with one attached hydrogen (secondary N) is 1. The van der Waals surface area contributed by atoms with Gasteiger partial charge in [0.1, 0.15) is 5.75 Å². The van der Waals surface area contributed by atoms with Crippen LogP contribution in [0.3, 0.4) is 0 Å². The number of aliphatic hydroxyl groups is 1. The largest absolute Gasteiger partial charge is 0.496 e. The molecule has 1 aromatic carbocycles. The Labute approximate surface area is 110 Å². The van der Waals surface area contributed by atoms with Gasteiger partial charge in [0.15, 0.2) is 0 Å². The highest BCUT2D eigenvalue weighted by Gasteiger charge is 2.13. The number of aryl methyl sites for hydroxylation is 2. The van der Waals surface area contributed by atoms with E-state index in [9.17, 15) is 5.11 Å². The van der Waals surface area contributed by atoms with Crippen LogP contribution in [0, 0.1) is 13.8 Å². The maximum absolute atomic E-state index is 10.2. The van der Waals surface area contributed by atoms with Crippen molar-refractivity contribution in [1.82, 2.24) is 5.32 Å². The minimum atomic E-state index is -0.469. The molecule has 18 heavy (non-hydrogen) atoms. The first-order valence-electron chi connectivity index (χ1n) is 6.56. The molecular formula is C15H25NO2. The number of rotatable bonds is 6. The second-order valence-electron chi connectivity index (χ2n) is 4.91. The Bertz CT molecular complexity index is 390. The molecule has 0 saturated carbocycles. The van der Waals surface area contributed by atoms with Gasteiger partial charge in [-0.2, -0.15) is 0 Å². The number of ether oxygens (including phenoxy) is 1. The Hall–Kier alpha value is -1.06. The van der Waals surface area contributed by atoms with Crippen LogP contribution in [0.25, 0.3) is 0 Å². The first-order chi connectivity index (χ1) is 8.49. The van der Waals surface area contributed by atoms with Crippen LogP contribution in [0.4, 0.5) is 0 Å². The van der Waals surface area contributed by atoms with Gasteiger partial charge in [-0.3, -0.25) is 0 Å². The molecule has 0 heterocycles. The molecule has 0 aliphatic rings. The third-order valence-corrected chi connectivity index (χ3v) is 3.41. The van der Waals surface area contributed by atoms with Crippen molar-refractivity contribution in [1.29, 1.82) is 0 Å². The molecule has 0 fully saturated rings. The van der Waals surface area contributed by atoms with Crippen LogP contribution in [0.5, 0.6) is 5.75 Å². The minimum absolute atomic E-state index is 0.430. The lowest BCUT2D eigenvalue weighted by atomic mass is 9.99. The lowest BCUT2D eigenvalue weighted by Crippen LogP contribution is -2.30. The van der Waals surface area contributed by atoms with E-state index in [1.165, 1.54) is 0 Å². The Morgan fingerprint density at radius 1 is 1.28 bits per heavy atom. The third-order valence-electron chi connectivity index (χ3n) is 3.41. The summed E-state index contributed by atoms with van der Waals surface area (Å²) in [7, 11) is 1.67. The molecule has 102 valence electrons. The van der Waals surface area contributed by atoms with Gasteiger partial charge in [-0.1, -0.05) is 6.92 Å². The summed E-state index contributed by atoms with van der Waals surface area (Å²) in [4.78, 5) is 0. The summed E-state index contributed by atoms with van der Waals surface area (Å²) in [6.45, 7) is 8.84. The fourth-order valence-corrected chi connectivity index (χ4v) is 1.96. The monoisotopic (exact) mass is 251 g/mol. The number of hydrogen-bond donors (Lipinski definition) is 2. The standard InChI is InChI=1S/C15H25NO2/c1-6-12(4)16-9-14(17)13-7-11(3)15(18-5)8-10(13)2/h7-8,12,14,16-17H,6,9H2,1-5H3. The van der Waals surface area contributed by atoms with Gasteiger partial charge >= 0.3 is 0 Å². The minimum Gasteiger partial charge on any atom is -0.496 e. The maximum atomic E-state index is 10.2. The highest BCUT2D eigenvalue weighted by molar-refractivity contribution is 5.42. The summed E-state index contributed by atoms with van der Waals surface area (Å²) in [5.41, 5.74) is 3.10. The molecule has 0 saturated heterocycles. The predicted octanol–water partition coefficient (Wildman–Crippen LogP) is 2.73. The molecule has 0 bridgehead atoms. The summed E-state index contributed by atoms with van der Waals surface area (Å²) in [5.74, 6) is 0.873. The molecule has 0 aliphatic heterocycles. The fraction of sp³-hybridized carbons (Fsp3) is 0.600. The van der Waals surface area contributed by atoms with E-state index in [1.54, 1.807) is 7.11 Å². The summed E-state index contributed by atoms with van der Waals surface area (Å²) >= 11 is 0. The van der Waals surface area contributed by atoms with Crippen molar-refractivity contribution < 1.29 is 9.84 Å². The molecule has 1 aromatic rings. The van der Waals surface area contributed by atoms with E-state index in [4.69, 9.17) is 4.74 Å². The molecule has 0 spiro atoms. The van der Waals surface area contributed by atoms with Gasteiger partial charge in [-0.05, 0) is 56.0 Å². The van der Waals surface area contributed by atoms with Crippen molar-refractivity contribution in [3.8, 4) is 5.75 Å². The zero-order valence-corrected chi connectivity index (χ0v) is 12.1. The second kappa shape index (κ2) is 6.76. The first kappa shape index (κ1) is 15.0. The molecule has 0 aromatic heterocycles. The van der Waals surface area contributed by atoms with E-state index in [0.717, 1.165) is 28.9 Å². The van der Waals surface area contributed by atoms with Gasteiger partial charge in [-0.15, -0.1) is 0 Å². The molecule has 3 nitrogen and oxygen atoms in total. The van der Waals surface area contributed by atoms with Crippen LogP contribution in [-0.4, -0.2) is 24.8 Å². The molecule has 0 amide bonds. The van der Waals surface area contributed by atoms with Crippen LogP contribution < -0.4 is 10.1 Å². The average molecular weight is 251 g/mol. The van der Waals surface area contributed by atoms with Crippen molar-refractivity contribution in [3.05, 3.63) is 28.8 Å².